The molecule has 3 heterocycles. The van der Waals surface area contributed by atoms with Crippen LogP contribution in [0.1, 0.15) is 37.0 Å². The van der Waals surface area contributed by atoms with E-state index in [2.05, 4.69) is 10.3 Å². The van der Waals surface area contributed by atoms with Gasteiger partial charge in [0.15, 0.2) is 0 Å². The molecule has 192 valence electrons. The monoisotopic (exact) mass is 535 g/mol. The predicted octanol–water partition coefficient (Wildman–Crippen LogP) is 6.14. The fourth-order valence-corrected chi connectivity index (χ4v) is 5.35. The number of aromatic nitrogens is 3. The number of pyridine rings is 1. The molecule has 3 aromatic heterocycles. The molecule has 3 N–H and O–H groups in total. The first-order valence-corrected chi connectivity index (χ1v) is 12.2. The van der Waals surface area contributed by atoms with Gasteiger partial charge in [-0.1, -0.05) is 48.5 Å². The number of nitrogens with one attached hydrogen (secondary N) is 1. The highest BCUT2D eigenvalue weighted by molar-refractivity contribution is 7.21. The van der Waals surface area contributed by atoms with Crippen molar-refractivity contribution in [2.24, 2.45) is 5.73 Å². The van der Waals surface area contributed by atoms with Crippen molar-refractivity contribution in [3.63, 3.8) is 0 Å². The number of nitrogens with two attached hydrogens (primary N) is 1. The molecule has 0 fully saturated rings. The predicted molar refractivity (Wildman–Crippen MR) is 140 cm³/mol. The molecule has 0 aliphatic heterocycles. The summed E-state index contributed by atoms with van der Waals surface area (Å²) in [7, 11) is 0. The molecule has 0 aliphatic carbocycles. The molecule has 5 rings (SSSR count). The van der Waals surface area contributed by atoms with Crippen LogP contribution >= 0.6 is 11.3 Å². The van der Waals surface area contributed by atoms with Crippen molar-refractivity contribution in [1.82, 2.24) is 14.8 Å². The molecule has 5 aromatic rings. The van der Waals surface area contributed by atoms with Gasteiger partial charge in [0, 0.05) is 10.9 Å². The van der Waals surface area contributed by atoms with Crippen molar-refractivity contribution < 1.29 is 22.8 Å². The van der Waals surface area contributed by atoms with Crippen molar-refractivity contribution in [3.05, 3.63) is 94.1 Å². The van der Waals surface area contributed by atoms with Crippen LogP contribution in [0.3, 0.4) is 0 Å². The Kier molecular flexibility index (Phi) is 6.23. The normalized spacial score (nSPS) is 11.6. The van der Waals surface area contributed by atoms with Crippen LogP contribution in [0.25, 0.3) is 27.2 Å². The average Bonchev–Trinajstić information content (AvgIpc) is 3.43. The number of anilines is 1. The van der Waals surface area contributed by atoms with Crippen molar-refractivity contribution in [2.45, 2.75) is 20.0 Å². The highest BCUT2D eigenvalue weighted by atomic mass is 32.1. The minimum Gasteiger partial charge on any atom is -0.365 e. The minimum atomic E-state index is -4.67. The van der Waals surface area contributed by atoms with Gasteiger partial charge in [0.05, 0.1) is 22.6 Å². The molecule has 0 radical (unpaired) electrons. The number of thiophene rings is 1. The maximum Gasteiger partial charge on any atom is 0.433 e. The lowest BCUT2D eigenvalue weighted by molar-refractivity contribution is -0.141. The Morgan fingerprint density at radius 2 is 1.63 bits per heavy atom. The summed E-state index contributed by atoms with van der Waals surface area (Å²) < 4.78 is 41.7. The van der Waals surface area contributed by atoms with Gasteiger partial charge in [0.2, 0.25) is 0 Å². The lowest BCUT2D eigenvalue weighted by atomic mass is 10.0. The number of halogens is 3. The zero-order valence-corrected chi connectivity index (χ0v) is 20.9. The van der Waals surface area contributed by atoms with Gasteiger partial charge >= 0.3 is 6.18 Å². The number of rotatable bonds is 5. The number of carbonyl (C=O) groups excluding carboxylic acids is 2. The number of para-hydroxylation sites is 1. The van der Waals surface area contributed by atoms with Crippen LogP contribution in [0.5, 0.6) is 0 Å². The van der Waals surface area contributed by atoms with Gasteiger partial charge in [0.1, 0.15) is 21.1 Å². The van der Waals surface area contributed by atoms with Crippen LogP contribution in [0.4, 0.5) is 18.9 Å². The van der Waals surface area contributed by atoms with E-state index >= 15 is 0 Å². The van der Waals surface area contributed by atoms with Crippen molar-refractivity contribution >= 4 is 39.1 Å². The van der Waals surface area contributed by atoms with Crippen molar-refractivity contribution in [3.8, 4) is 16.9 Å². The molecule has 0 unspecified atom stereocenters. The number of hydrogen-bond donors (Lipinski definition) is 2. The number of carbonyl (C=O) groups is 2. The van der Waals surface area contributed by atoms with Crippen LogP contribution in [0.15, 0.2) is 66.7 Å². The summed E-state index contributed by atoms with van der Waals surface area (Å²) >= 11 is 0.699. The third-order valence-corrected chi connectivity index (χ3v) is 7.10. The second-order valence-electron chi connectivity index (χ2n) is 8.55. The Bertz CT molecular complexity index is 1690. The summed E-state index contributed by atoms with van der Waals surface area (Å²) in [5, 5.41) is 7.67. The molecular weight excluding hydrogens is 515 g/mol. The van der Waals surface area contributed by atoms with E-state index < -0.39 is 23.7 Å². The summed E-state index contributed by atoms with van der Waals surface area (Å²) in [6, 6.07) is 19.2. The largest absolute Gasteiger partial charge is 0.433 e. The maximum absolute atomic E-state index is 13.8. The SMILES string of the molecule is Cc1cc(C(F)(F)F)nc2sc(C(N)=O)c(NC(=O)c3c(-c4ccccc4)nn(-c4ccccc4)c3C)c12. The topological polar surface area (TPSA) is 103 Å². The number of amides is 2. The van der Waals surface area contributed by atoms with Crippen LogP contribution in [0, 0.1) is 13.8 Å². The number of primary amides is 1. The van der Waals surface area contributed by atoms with Gasteiger partial charge in [-0.2, -0.15) is 18.3 Å². The van der Waals surface area contributed by atoms with Crippen molar-refractivity contribution in [2.75, 3.05) is 5.32 Å². The zero-order valence-electron chi connectivity index (χ0n) is 20.1. The van der Waals surface area contributed by atoms with Gasteiger partial charge < -0.3 is 11.1 Å². The Balaban J connectivity index is 1.67. The van der Waals surface area contributed by atoms with Crippen LogP contribution in [0.2, 0.25) is 0 Å². The standard InChI is InChI=1S/C27H20F3N5O2S/c1-14-13-18(27(28,29)30)32-26-19(14)22(23(38-26)24(31)36)33-25(37)20-15(2)35(17-11-7-4-8-12-17)34-21(20)16-9-5-3-6-10-16/h3-13H,1-2H3,(H2,31,36)(H,33,37). The summed E-state index contributed by atoms with van der Waals surface area (Å²) in [5.41, 5.74) is 7.27. The maximum atomic E-state index is 13.8. The summed E-state index contributed by atoms with van der Waals surface area (Å²) in [5.74, 6) is -1.48. The number of alkyl halides is 3. The Hall–Kier alpha value is -4.51. The summed E-state index contributed by atoms with van der Waals surface area (Å²) in [6.07, 6.45) is -4.67. The van der Waals surface area contributed by atoms with E-state index in [1.54, 1.807) is 11.6 Å². The van der Waals surface area contributed by atoms with Crippen LogP contribution < -0.4 is 11.1 Å². The molecule has 38 heavy (non-hydrogen) atoms. The lowest BCUT2D eigenvalue weighted by Crippen LogP contribution is -2.18. The molecule has 11 heteroatoms. The van der Waals surface area contributed by atoms with E-state index in [9.17, 15) is 22.8 Å². The van der Waals surface area contributed by atoms with Crippen LogP contribution in [-0.4, -0.2) is 26.6 Å². The van der Waals surface area contributed by atoms with E-state index in [0.29, 0.717) is 28.3 Å². The third-order valence-electron chi connectivity index (χ3n) is 6.00. The second-order valence-corrected chi connectivity index (χ2v) is 9.55. The first-order chi connectivity index (χ1) is 18.1. The summed E-state index contributed by atoms with van der Waals surface area (Å²) in [6.45, 7) is 3.20. The quantitative estimate of drug-likeness (QED) is 0.282. The van der Waals surface area contributed by atoms with E-state index in [0.717, 1.165) is 11.8 Å². The molecule has 2 amide bonds. The first kappa shape index (κ1) is 25.2. The Labute approximate surface area is 218 Å². The number of nitrogens with zero attached hydrogens (tertiary/aromatic N) is 3. The zero-order chi connectivity index (χ0) is 27.2. The van der Waals surface area contributed by atoms with Gasteiger partial charge in [-0.3, -0.25) is 9.59 Å². The van der Waals surface area contributed by atoms with E-state index in [4.69, 9.17) is 10.8 Å². The van der Waals surface area contributed by atoms with Gasteiger partial charge in [-0.15, -0.1) is 11.3 Å². The number of fused-ring (bicyclic) bond motifs is 1. The highest BCUT2D eigenvalue weighted by Crippen LogP contribution is 2.40. The van der Waals surface area contributed by atoms with E-state index in [1.165, 1.54) is 6.92 Å². The fraction of sp³-hybridized carbons (Fsp3) is 0.111. The lowest BCUT2D eigenvalue weighted by Gasteiger charge is -2.10. The number of aryl methyl sites for hydroxylation is 1. The van der Waals surface area contributed by atoms with E-state index in [-0.39, 0.29) is 31.9 Å². The number of hydrogen-bond acceptors (Lipinski definition) is 5. The molecule has 0 saturated carbocycles. The second kappa shape index (κ2) is 9.42. The molecule has 2 aromatic carbocycles. The molecular formula is C27H20F3N5O2S. The minimum absolute atomic E-state index is 0.0205. The molecule has 0 atom stereocenters. The molecule has 0 aliphatic rings. The van der Waals surface area contributed by atoms with Gasteiger partial charge in [-0.25, -0.2) is 9.67 Å². The van der Waals surface area contributed by atoms with Gasteiger partial charge in [0.25, 0.3) is 11.8 Å². The fourth-order valence-electron chi connectivity index (χ4n) is 4.29. The van der Waals surface area contributed by atoms with Crippen LogP contribution in [-0.2, 0) is 6.18 Å². The molecule has 7 nitrogen and oxygen atoms in total. The third kappa shape index (κ3) is 4.41. The van der Waals surface area contributed by atoms with Gasteiger partial charge in [-0.05, 0) is 37.6 Å². The molecule has 0 spiro atoms. The van der Waals surface area contributed by atoms with E-state index in [1.807, 2.05) is 60.7 Å². The Morgan fingerprint density at radius 1 is 1.00 bits per heavy atom. The smallest absolute Gasteiger partial charge is 0.365 e. The average molecular weight is 536 g/mol. The number of benzene rings is 2. The highest BCUT2D eigenvalue weighted by Gasteiger charge is 2.34. The van der Waals surface area contributed by atoms with Crippen molar-refractivity contribution in [1.29, 1.82) is 0 Å². The molecule has 0 bridgehead atoms. The molecule has 0 saturated heterocycles. The summed E-state index contributed by atoms with van der Waals surface area (Å²) in [4.78, 5) is 29.6. The first-order valence-electron chi connectivity index (χ1n) is 11.4. The Morgan fingerprint density at radius 3 is 2.24 bits per heavy atom.